The number of nitrogens with zero attached hydrogens (tertiary/aromatic N) is 1. The Labute approximate surface area is 199 Å². The van der Waals surface area contributed by atoms with E-state index in [1.807, 2.05) is 60.7 Å². The Bertz CT molecular complexity index is 1180. The Balaban J connectivity index is 1.43. The van der Waals surface area contributed by atoms with Crippen molar-refractivity contribution in [1.29, 1.82) is 5.26 Å². The smallest absolute Gasteiger partial charge is 0.339 e. The molecule has 0 aliphatic heterocycles. The summed E-state index contributed by atoms with van der Waals surface area (Å²) in [4.78, 5) is 26.4. The van der Waals surface area contributed by atoms with Crippen molar-refractivity contribution < 1.29 is 19.1 Å². The second-order valence-electron chi connectivity index (χ2n) is 8.66. The first-order chi connectivity index (χ1) is 16.6. The van der Waals surface area contributed by atoms with Gasteiger partial charge in [-0.15, -0.1) is 0 Å². The fourth-order valence-corrected chi connectivity index (χ4v) is 4.32. The second kappa shape index (κ2) is 11.0. The molecule has 1 saturated carbocycles. The summed E-state index contributed by atoms with van der Waals surface area (Å²) in [5, 5.41) is 14.3. The van der Waals surface area contributed by atoms with Gasteiger partial charge in [-0.2, -0.15) is 5.26 Å². The van der Waals surface area contributed by atoms with Crippen LogP contribution in [0.2, 0.25) is 0 Å². The van der Waals surface area contributed by atoms with Gasteiger partial charge >= 0.3 is 5.97 Å². The van der Waals surface area contributed by atoms with Crippen molar-refractivity contribution >= 4 is 22.6 Å². The second-order valence-corrected chi connectivity index (χ2v) is 8.66. The summed E-state index contributed by atoms with van der Waals surface area (Å²) < 4.78 is 11.5. The predicted molar refractivity (Wildman–Crippen MR) is 129 cm³/mol. The molecule has 1 atom stereocenters. The number of carbonyl (C=O) groups excluding carboxylic acids is 2. The molecule has 1 N–H and O–H groups in total. The molecule has 0 saturated heterocycles. The van der Waals surface area contributed by atoms with Gasteiger partial charge in [0.2, 0.25) is 0 Å². The first-order valence-corrected chi connectivity index (χ1v) is 11.6. The summed E-state index contributed by atoms with van der Waals surface area (Å²) in [5.74, 6) is -0.965. The van der Waals surface area contributed by atoms with Crippen LogP contribution in [-0.4, -0.2) is 30.1 Å². The van der Waals surface area contributed by atoms with Crippen molar-refractivity contribution in [3.05, 3.63) is 83.9 Å². The van der Waals surface area contributed by atoms with Gasteiger partial charge in [-0.3, -0.25) is 4.79 Å². The molecule has 0 bridgehead atoms. The van der Waals surface area contributed by atoms with Crippen molar-refractivity contribution in [2.75, 3.05) is 6.61 Å². The lowest BCUT2D eigenvalue weighted by Crippen LogP contribution is -2.54. The zero-order chi connectivity index (χ0) is 23.8. The van der Waals surface area contributed by atoms with Crippen molar-refractivity contribution in [2.45, 2.75) is 50.4 Å². The molecule has 1 amide bonds. The molecule has 0 heterocycles. The fourth-order valence-electron chi connectivity index (χ4n) is 4.32. The number of benzene rings is 3. The van der Waals surface area contributed by atoms with Crippen molar-refractivity contribution in [3.63, 3.8) is 0 Å². The molecule has 34 heavy (non-hydrogen) atoms. The maximum Gasteiger partial charge on any atom is 0.339 e. The van der Waals surface area contributed by atoms with E-state index in [2.05, 4.69) is 11.4 Å². The lowest BCUT2D eigenvalue weighted by atomic mass is 9.83. The Morgan fingerprint density at radius 3 is 2.38 bits per heavy atom. The molecule has 3 aromatic rings. The van der Waals surface area contributed by atoms with Gasteiger partial charge < -0.3 is 14.8 Å². The van der Waals surface area contributed by atoms with Crippen molar-refractivity contribution in [3.8, 4) is 6.07 Å². The van der Waals surface area contributed by atoms with Crippen LogP contribution in [0.5, 0.6) is 0 Å². The molecule has 1 aliphatic rings. The Kier molecular flexibility index (Phi) is 7.56. The van der Waals surface area contributed by atoms with Crippen LogP contribution in [0.15, 0.2) is 72.8 Å². The molecule has 6 nitrogen and oxygen atoms in total. The normalized spacial score (nSPS) is 15.7. The van der Waals surface area contributed by atoms with E-state index in [0.29, 0.717) is 25.0 Å². The number of rotatable bonds is 8. The van der Waals surface area contributed by atoms with Gasteiger partial charge in [-0.25, -0.2) is 4.79 Å². The van der Waals surface area contributed by atoms with E-state index in [1.165, 1.54) is 0 Å². The Hall–Kier alpha value is -3.69. The summed E-state index contributed by atoms with van der Waals surface area (Å²) in [5.41, 5.74) is 0.105. The van der Waals surface area contributed by atoms with Gasteiger partial charge in [0.25, 0.3) is 5.91 Å². The molecule has 6 heteroatoms. The van der Waals surface area contributed by atoms with Crippen molar-refractivity contribution in [2.24, 2.45) is 0 Å². The topological polar surface area (TPSA) is 88.4 Å². The minimum Gasteiger partial charge on any atom is -0.445 e. The zero-order valence-electron chi connectivity index (χ0n) is 19.0. The first kappa shape index (κ1) is 23.5. The summed E-state index contributed by atoms with van der Waals surface area (Å²) >= 11 is 0. The van der Waals surface area contributed by atoms with E-state index in [-0.39, 0.29) is 6.61 Å². The maximum atomic E-state index is 13.3. The number of nitrogens with one attached hydrogen (secondary N) is 1. The van der Waals surface area contributed by atoms with Gasteiger partial charge in [-0.1, -0.05) is 67.1 Å². The van der Waals surface area contributed by atoms with E-state index in [4.69, 9.17) is 9.47 Å². The predicted octanol–water partition coefficient (Wildman–Crippen LogP) is 4.92. The molecule has 174 valence electrons. The van der Waals surface area contributed by atoms with Crippen LogP contribution in [0, 0.1) is 11.3 Å². The van der Waals surface area contributed by atoms with Gasteiger partial charge in [-0.05, 0) is 54.2 Å². The number of ether oxygens (including phenoxy) is 2. The van der Waals surface area contributed by atoms with E-state index >= 15 is 0 Å². The molecular formula is C28H28N2O4. The SMILES string of the molecule is N#C[C@H](COCc1ccccc1)NC(=O)C1(OC(=O)c2ccc3ccccc3c2)CCCCC1. The molecule has 0 unspecified atom stereocenters. The number of hydrogen-bond donors (Lipinski definition) is 1. The molecule has 0 spiro atoms. The number of fused-ring (bicyclic) bond motifs is 1. The Morgan fingerprint density at radius 2 is 1.65 bits per heavy atom. The van der Waals surface area contributed by atoms with Gasteiger partial charge in [0.1, 0.15) is 6.04 Å². The number of esters is 1. The lowest BCUT2D eigenvalue weighted by Gasteiger charge is -2.35. The van der Waals surface area contributed by atoms with Crippen LogP contribution in [0.25, 0.3) is 10.8 Å². The zero-order valence-corrected chi connectivity index (χ0v) is 19.0. The van der Waals surface area contributed by atoms with E-state index < -0.39 is 23.5 Å². The molecule has 0 radical (unpaired) electrons. The number of nitriles is 1. The van der Waals surface area contributed by atoms with E-state index in [1.54, 1.807) is 12.1 Å². The lowest BCUT2D eigenvalue weighted by molar-refractivity contribution is -0.145. The summed E-state index contributed by atoms with van der Waals surface area (Å²) in [7, 11) is 0. The number of amides is 1. The van der Waals surface area contributed by atoms with Crippen LogP contribution in [0.3, 0.4) is 0 Å². The van der Waals surface area contributed by atoms with Crippen LogP contribution < -0.4 is 5.32 Å². The number of hydrogen-bond acceptors (Lipinski definition) is 5. The molecule has 1 aliphatic carbocycles. The standard InChI is InChI=1S/C28H28N2O4/c29-18-25(20-33-19-21-9-3-1-4-10-21)30-27(32)28(15-7-2-8-16-28)34-26(31)24-14-13-22-11-5-6-12-23(22)17-24/h1,3-6,9-14,17,25H,2,7-8,15-16,19-20H2,(H,30,32)/t25-/m1/s1. The van der Waals surface area contributed by atoms with Crippen LogP contribution in [0.1, 0.15) is 48.0 Å². The third kappa shape index (κ3) is 5.62. The third-order valence-corrected chi connectivity index (χ3v) is 6.21. The first-order valence-electron chi connectivity index (χ1n) is 11.6. The van der Waals surface area contributed by atoms with Crippen LogP contribution >= 0.6 is 0 Å². The Morgan fingerprint density at radius 1 is 0.941 bits per heavy atom. The average molecular weight is 457 g/mol. The van der Waals surface area contributed by atoms with Crippen LogP contribution in [0.4, 0.5) is 0 Å². The third-order valence-electron chi connectivity index (χ3n) is 6.21. The minimum atomic E-state index is -1.28. The largest absolute Gasteiger partial charge is 0.445 e. The highest BCUT2D eigenvalue weighted by Crippen LogP contribution is 2.33. The van der Waals surface area contributed by atoms with E-state index in [0.717, 1.165) is 35.6 Å². The molecule has 0 aromatic heterocycles. The summed E-state index contributed by atoms with van der Waals surface area (Å²) in [6.07, 6.45) is 3.40. The molecule has 4 rings (SSSR count). The molecule has 1 fully saturated rings. The average Bonchev–Trinajstić information content (AvgIpc) is 2.88. The number of carbonyl (C=O) groups is 2. The molecule has 3 aromatic carbocycles. The quantitative estimate of drug-likeness (QED) is 0.486. The fraction of sp³-hybridized carbons (Fsp3) is 0.321. The van der Waals surface area contributed by atoms with Gasteiger partial charge in [0.05, 0.1) is 24.8 Å². The van der Waals surface area contributed by atoms with Crippen molar-refractivity contribution in [1.82, 2.24) is 5.32 Å². The monoisotopic (exact) mass is 456 g/mol. The van der Waals surface area contributed by atoms with Gasteiger partial charge in [0.15, 0.2) is 5.60 Å². The summed E-state index contributed by atoms with van der Waals surface area (Å²) in [6, 6.07) is 24.0. The highest BCUT2D eigenvalue weighted by Gasteiger charge is 2.44. The molecular weight excluding hydrogens is 428 g/mol. The van der Waals surface area contributed by atoms with Gasteiger partial charge in [0, 0.05) is 0 Å². The minimum absolute atomic E-state index is 0.0475. The summed E-state index contributed by atoms with van der Waals surface area (Å²) in [6.45, 7) is 0.392. The highest BCUT2D eigenvalue weighted by atomic mass is 16.6. The van der Waals surface area contributed by atoms with E-state index in [9.17, 15) is 14.9 Å². The maximum absolute atomic E-state index is 13.3. The van der Waals surface area contributed by atoms with Crippen LogP contribution in [-0.2, 0) is 20.9 Å². The highest BCUT2D eigenvalue weighted by molar-refractivity contribution is 5.97.